The molecular formula is C17H29N3O4Si. The number of anilines is 1. The van der Waals surface area contributed by atoms with Crippen LogP contribution in [-0.4, -0.2) is 36.4 Å². The molecule has 2 N–H and O–H groups in total. The molecule has 0 aromatic carbocycles. The van der Waals surface area contributed by atoms with Crippen molar-refractivity contribution in [3.8, 4) is 0 Å². The zero-order valence-corrected chi connectivity index (χ0v) is 16.9. The van der Waals surface area contributed by atoms with E-state index < -0.39 is 20.2 Å². The Morgan fingerprint density at radius 3 is 2.64 bits per heavy atom. The summed E-state index contributed by atoms with van der Waals surface area (Å²) in [5.74, 6) is -0.0599. The average molecular weight is 368 g/mol. The number of hydrogen-bond acceptors (Lipinski definition) is 6. The second kappa shape index (κ2) is 7.01. The maximum atomic E-state index is 12.2. The summed E-state index contributed by atoms with van der Waals surface area (Å²) in [6, 6.07) is 0. The van der Waals surface area contributed by atoms with Crippen LogP contribution in [0.2, 0.25) is 18.1 Å². The first kappa shape index (κ1) is 19.8. The molecule has 1 saturated heterocycles. The Morgan fingerprint density at radius 2 is 2.12 bits per heavy atom. The van der Waals surface area contributed by atoms with Crippen molar-refractivity contribution in [2.75, 3.05) is 5.73 Å². The number of nitrogen functional groups attached to an aromatic ring is 1. The predicted octanol–water partition coefficient (Wildman–Crippen LogP) is 2.73. The predicted molar refractivity (Wildman–Crippen MR) is 99.2 cm³/mol. The third-order valence-corrected chi connectivity index (χ3v) is 9.79. The van der Waals surface area contributed by atoms with Crippen molar-refractivity contribution >= 4 is 20.4 Å². The van der Waals surface area contributed by atoms with E-state index in [1.54, 1.807) is 0 Å². The van der Waals surface area contributed by atoms with Crippen LogP contribution >= 0.6 is 0 Å². The smallest absolute Gasteiger partial charge is 0.351 e. The van der Waals surface area contributed by atoms with Crippen molar-refractivity contribution in [1.29, 1.82) is 0 Å². The Balaban J connectivity index is 2.27. The van der Waals surface area contributed by atoms with Crippen molar-refractivity contribution in [3.05, 3.63) is 22.2 Å². The van der Waals surface area contributed by atoms with Crippen LogP contribution in [0, 0.1) is 0 Å². The molecule has 0 radical (unpaired) electrons. The summed E-state index contributed by atoms with van der Waals surface area (Å²) in [6.45, 7) is 13.0. The molecule has 0 bridgehead atoms. The minimum absolute atomic E-state index is 0.0599. The third-order valence-electron chi connectivity index (χ3n) is 5.28. The monoisotopic (exact) mass is 367 g/mol. The molecule has 25 heavy (non-hydrogen) atoms. The molecule has 140 valence electrons. The quantitative estimate of drug-likeness (QED) is 0.635. The minimum Gasteiger partial charge on any atom is -0.411 e. The Kier molecular flexibility index (Phi) is 5.55. The van der Waals surface area contributed by atoms with Gasteiger partial charge in [0.05, 0.1) is 17.8 Å². The average Bonchev–Trinajstić information content (AvgIpc) is 2.88. The lowest BCUT2D eigenvalue weighted by molar-refractivity contribution is -0.0197. The van der Waals surface area contributed by atoms with Crippen LogP contribution < -0.4 is 11.4 Å². The summed E-state index contributed by atoms with van der Waals surface area (Å²) >= 11 is 0. The van der Waals surface area contributed by atoms with Gasteiger partial charge in [0.1, 0.15) is 12.0 Å². The van der Waals surface area contributed by atoms with E-state index in [0.717, 1.165) is 6.42 Å². The van der Waals surface area contributed by atoms with Gasteiger partial charge >= 0.3 is 5.69 Å². The standard InChI is InChI=1S/C17H29N3O4Si/c1-7-12-13(24-25(5,6)17(2,3)4)8-14(23-12)20-9-11(10-21)15(18)19-16(20)22/h9-10,12-14H,7-8H2,1-6H3,(H2,18,19,22)/t12-,13-,14-/m1/s1. The van der Waals surface area contributed by atoms with Gasteiger partial charge in [0.15, 0.2) is 14.6 Å². The van der Waals surface area contributed by atoms with E-state index in [4.69, 9.17) is 14.9 Å². The molecule has 1 aliphatic heterocycles. The third kappa shape index (κ3) is 4.01. The molecule has 0 spiro atoms. The normalized spacial score (nSPS) is 24.5. The molecule has 3 atom stereocenters. The first-order valence-corrected chi connectivity index (χ1v) is 11.6. The first-order valence-electron chi connectivity index (χ1n) is 8.67. The lowest BCUT2D eigenvalue weighted by atomic mass is 10.1. The molecule has 7 nitrogen and oxygen atoms in total. The molecule has 8 heteroatoms. The Hall–Kier alpha value is -1.51. The number of aromatic nitrogens is 2. The van der Waals surface area contributed by atoms with Gasteiger partial charge in [-0.3, -0.25) is 9.36 Å². The van der Waals surface area contributed by atoms with Gasteiger partial charge in [0.2, 0.25) is 0 Å². The van der Waals surface area contributed by atoms with E-state index in [9.17, 15) is 9.59 Å². The number of aldehydes is 1. The van der Waals surface area contributed by atoms with Gasteiger partial charge in [0.25, 0.3) is 0 Å². The highest BCUT2D eigenvalue weighted by atomic mass is 28.4. The summed E-state index contributed by atoms with van der Waals surface area (Å²) in [5.41, 5.74) is 5.26. The van der Waals surface area contributed by atoms with Crippen molar-refractivity contribution in [1.82, 2.24) is 9.55 Å². The highest BCUT2D eigenvalue weighted by Crippen LogP contribution is 2.41. The van der Waals surface area contributed by atoms with Crippen molar-refractivity contribution < 1.29 is 14.0 Å². The van der Waals surface area contributed by atoms with Crippen molar-refractivity contribution in [3.63, 3.8) is 0 Å². The number of hydrogen-bond donors (Lipinski definition) is 1. The van der Waals surface area contributed by atoms with E-state index in [2.05, 4.69) is 38.8 Å². The van der Waals surface area contributed by atoms with E-state index in [1.807, 2.05) is 6.92 Å². The molecule has 0 amide bonds. The fourth-order valence-corrected chi connectivity index (χ4v) is 4.06. The van der Waals surface area contributed by atoms with Crippen LogP contribution in [-0.2, 0) is 9.16 Å². The van der Waals surface area contributed by atoms with Crippen LogP contribution in [0.1, 0.15) is 57.1 Å². The summed E-state index contributed by atoms with van der Waals surface area (Å²) in [7, 11) is -1.96. The molecule has 1 aromatic heterocycles. The SMILES string of the molecule is CC[C@H]1O[C@@H](n2cc(C=O)c(N)nc2=O)C[C@H]1O[Si](C)(C)C(C)(C)C. The lowest BCUT2D eigenvalue weighted by Crippen LogP contribution is -2.45. The molecule has 2 rings (SSSR count). The van der Waals surface area contributed by atoms with Crippen LogP contribution in [0.15, 0.2) is 11.0 Å². The largest absolute Gasteiger partial charge is 0.411 e. The molecule has 0 saturated carbocycles. The Bertz CT molecular complexity index is 696. The summed E-state index contributed by atoms with van der Waals surface area (Å²) < 4.78 is 13.9. The molecular weight excluding hydrogens is 338 g/mol. The highest BCUT2D eigenvalue weighted by molar-refractivity contribution is 6.74. The van der Waals surface area contributed by atoms with Crippen LogP contribution in [0.5, 0.6) is 0 Å². The zero-order valence-electron chi connectivity index (χ0n) is 15.9. The van der Waals surface area contributed by atoms with Crippen molar-refractivity contribution in [2.45, 2.75) is 77.1 Å². The highest BCUT2D eigenvalue weighted by Gasteiger charge is 2.44. The molecule has 2 heterocycles. The Morgan fingerprint density at radius 1 is 1.48 bits per heavy atom. The Labute approximate surface area is 149 Å². The molecule has 1 aromatic rings. The van der Waals surface area contributed by atoms with Gasteiger partial charge in [-0.15, -0.1) is 0 Å². The van der Waals surface area contributed by atoms with Crippen LogP contribution in [0.4, 0.5) is 5.82 Å². The van der Waals surface area contributed by atoms with Gasteiger partial charge in [-0.25, -0.2) is 4.79 Å². The van der Waals surface area contributed by atoms with Gasteiger partial charge in [-0.05, 0) is 24.6 Å². The maximum absolute atomic E-state index is 12.2. The first-order chi connectivity index (χ1) is 11.5. The molecule has 1 aliphatic rings. The second-order valence-electron chi connectivity index (χ2n) is 8.08. The van der Waals surface area contributed by atoms with Crippen LogP contribution in [0.25, 0.3) is 0 Å². The van der Waals surface area contributed by atoms with E-state index >= 15 is 0 Å². The molecule has 1 fully saturated rings. The number of nitrogens with zero attached hydrogens (tertiary/aromatic N) is 2. The van der Waals surface area contributed by atoms with Crippen LogP contribution in [0.3, 0.4) is 0 Å². The fraction of sp³-hybridized carbons (Fsp3) is 0.706. The number of nitrogens with two attached hydrogens (primary N) is 1. The fourth-order valence-electron chi connectivity index (χ4n) is 2.71. The topological polar surface area (TPSA) is 96.4 Å². The summed E-state index contributed by atoms with van der Waals surface area (Å²) in [4.78, 5) is 27.0. The summed E-state index contributed by atoms with van der Waals surface area (Å²) in [6.07, 6.45) is 2.67. The van der Waals surface area contributed by atoms with Gasteiger partial charge in [-0.1, -0.05) is 27.7 Å². The zero-order chi connectivity index (χ0) is 19.0. The number of ether oxygens (including phenoxy) is 1. The van der Waals surface area contributed by atoms with E-state index in [-0.39, 0.29) is 28.6 Å². The van der Waals surface area contributed by atoms with Crippen molar-refractivity contribution in [2.24, 2.45) is 0 Å². The van der Waals surface area contributed by atoms with Gasteiger partial charge in [0, 0.05) is 12.6 Å². The number of rotatable bonds is 5. The minimum atomic E-state index is -1.96. The van der Waals surface area contributed by atoms with Gasteiger partial charge in [-0.2, -0.15) is 4.98 Å². The van der Waals surface area contributed by atoms with E-state index in [1.165, 1.54) is 10.8 Å². The maximum Gasteiger partial charge on any atom is 0.351 e. The van der Waals surface area contributed by atoms with Gasteiger partial charge < -0.3 is 14.9 Å². The lowest BCUT2D eigenvalue weighted by Gasteiger charge is -2.39. The molecule has 0 aliphatic carbocycles. The molecule has 0 unspecified atom stereocenters. The summed E-state index contributed by atoms with van der Waals surface area (Å²) in [5, 5.41) is 0.0909. The number of carbonyl (C=O) groups is 1. The second-order valence-corrected chi connectivity index (χ2v) is 12.8. The number of carbonyl (C=O) groups excluding carboxylic acids is 1. The van der Waals surface area contributed by atoms with E-state index in [0.29, 0.717) is 12.7 Å².